The van der Waals surface area contributed by atoms with Crippen LogP contribution >= 0.6 is 11.6 Å². The lowest BCUT2D eigenvalue weighted by Crippen LogP contribution is -2.21. The predicted molar refractivity (Wildman–Crippen MR) is 54.0 cm³/mol. The van der Waals surface area contributed by atoms with Gasteiger partial charge >= 0.3 is 6.18 Å². The van der Waals surface area contributed by atoms with Crippen LogP contribution in [0, 0.1) is 6.92 Å². The Morgan fingerprint density at radius 1 is 1.35 bits per heavy atom. The number of fused-ring (bicyclic) bond motifs is 1. The fraction of sp³-hybridized carbons (Fsp3) is 0.222. The molecule has 0 fully saturated rings. The highest BCUT2D eigenvalue weighted by molar-refractivity contribution is 6.30. The summed E-state index contributed by atoms with van der Waals surface area (Å²) in [5.74, 6) is 0. The molecule has 0 radical (unpaired) electrons. The van der Waals surface area contributed by atoms with E-state index in [1.807, 2.05) is 0 Å². The van der Waals surface area contributed by atoms with Crippen LogP contribution in [0.15, 0.2) is 16.9 Å². The van der Waals surface area contributed by atoms with Crippen LogP contribution in [0.1, 0.15) is 11.3 Å². The molecule has 2 aromatic rings. The Labute approximate surface area is 97.7 Å². The summed E-state index contributed by atoms with van der Waals surface area (Å²) >= 11 is 5.64. The van der Waals surface area contributed by atoms with E-state index in [9.17, 15) is 18.0 Å². The highest BCUT2D eigenvalue weighted by atomic mass is 35.5. The van der Waals surface area contributed by atoms with Gasteiger partial charge in [0.25, 0.3) is 5.56 Å². The van der Waals surface area contributed by atoms with Gasteiger partial charge in [-0.1, -0.05) is 11.6 Å². The van der Waals surface area contributed by atoms with Gasteiger partial charge in [0, 0.05) is 6.07 Å². The summed E-state index contributed by atoms with van der Waals surface area (Å²) in [6.07, 6.45) is -4.70. The molecule has 0 saturated carbocycles. The number of aromatic nitrogens is 3. The maximum absolute atomic E-state index is 12.7. The molecule has 0 aliphatic heterocycles. The normalized spacial score (nSPS) is 12.1. The number of halogens is 4. The minimum atomic E-state index is -4.70. The number of rotatable bonds is 0. The molecule has 0 spiro atoms. The fourth-order valence-corrected chi connectivity index (χ4v) is 1.44. The van der Waals surface area contributed by atoms with E-state index in [4.69, 9.17) is 11.6 Å². The van der Waals surface area contributed by atoms with Gasteiger partial charge in [0.15, 0.2) is 16.5 Å². The summed E-state index contributed by atoms with van der Waals surface area (Å²) in [7, 11) is 0. The molecule has 2 heterocycles. The zero-order chi connectivity index (χ0) is 12.8. The first kappa shape index (κ1) is 11.8. The second-order valence-corrected chi connectivity index (χ2v) is 3.72. The van der Waals surface area contributed by atoms with E-state index in [1.54, 1.807) is 6.92 Å². The summed E-state index contributed by atoms with van der Waals surface area (Å²) < 4.78 is 38.5. The third-order valence-corrected chi connectivity index (χ3v) is 2.45. The molecule has 0 aliphatic rings. The Kier molecular flexibility index (Phi) is 2.57. The maximum Gasteiger partial charge on any atom is 0.433 e. The summed E-state index contributed by atoms with van der Waals surface area (Å²) in [6, 6.07) is 1.65. The van der Waals surface area contributed by atoms with E-state index in [1.165, 1.54) is 6.07 Å². The van der Waals surface area contributed by atoms with E-state index < -0.39 is 17.4 Å². The summed E-state index contributed by atoms with van der Waals surface area (Å²) in [4.78, 5) is 14.5. The van der Waals surface area contributed by atoms with Crippen molar-refractivity contribution in [2.45, 2.75) is 13.1 Å². The topological polar surface area (TPSA) is 47.3 Å². The largest absolute Gasteiger partial charge is 0.433 e. The van der Waals surface area contributed by atoms with Crippen LogP contribution in [-0.2, 0) is 6.18 Å². The Morgan fingerprint density at radius 3 is 2.59 bits per heavy atom. The van der Waals surface area contributed by atoms with Gasteiger partial charge in [-0.15, -0.1) is 0 Å². The van der Waals surface area contributed by atoms with Gasteiger partial charge in [0.2, 0.25) is 0 Å². The minimum absolute atomic E-state index is 0.0755. The standard InChI is InChI=1S/C9H5ClF3N3O/c1-4-2-6-14-7(17)3-5(9(11,12)13)16(6)15-8(4)10/h2-3H,1H3. The van der Waals surface area contributed by atoms with Crippen LogP contribution in [0.4, 0.5) is 13.2 Å². The third kappa shape index (κ3) is 2.10. The van der Waals surface area contributed by atoms with Crippen molar-refractivity contribution in [2.75, 3.05) is 0 Å². The first-order chi connectivity index (χ1) is 7.79. The molecule has 0 unspecified atom stereocenters. The van der Waals surface area contributed by atoms with Crippen molar-refractivity contribution in [3.05, 3.63) is 38.9 Å². The van der Waals surface area contributed by atoms with Gasteiger partial charge in [-0.2, -0.15) is 23.3 Å². The zero-order valence-electron chi connectivity index (χ0n) is 8.42. The Morgan fingerprint density at radius 2 is 2.00 bits per heavy atom. The van der Waals surface area contributed by atoms with Crippen molar-refractivity contribution in [3.8, 4) is 0 Å². The zero-order valence-corrected chi connectivity index (χ0v) is 9.17. The lowest BCUT2D eigenvalue weighted by Gasteiger charge is -2.10. The Hall–Kier alpha value is -1.63. The predicted octanol–water partition coefficient (Wildman–Crippen LogP) is 2.07. The molecule has 8 heteroatoms. The summed E-state index contributed by atoms with van der Waals surface area (Å²) in [6.45, 7) is 1.56. The molecule has 0 amide bonds. The highest BCUT2D eigenvalue weighted by Crippen LogP contribution is 2.28. The van der Waals surface area contributed by atoms with Gasteiger partial charge in [-0.05, 0) is 18.6 Å². The SMILES string of the molecule is Cc1cc2nc(=O)cc(C(F)(F)F)n2nc1Cl. The maximum atomic E-state index is 12.7. The molecular weight excluding hydrogens is 259 g/mol. The molecule has 0 atom stereocenters. The van der Waals surface area contributed by atoms with Crippen LogP contribution in [0.3, 0.4) is 0 Å². The molecule has 0 bridgehead atoms. The van der Waals surface area contributed by atoms with Crippen molar-refractivity contribution in [2.24, 2.45) is 0 Å². The summed E-state index contributed by atoms with van der Waals surface area (Å²) in [5, 5.41) is 3.47. The average Bonchev–Trinajstić information content (AvgIpc) is 2.18. The molecule has 90 valence electrons. The molecule has 2 aromatic heterocycles. The van der Waals surface area contributed by atoms with E-state index in [2.05, 4.69) is 10.1 Å². The van der Waals surface area contributed by atoms with Gasteiger partial charge in [-0.25, -0.2) is 4.52 Å². The summed E-state index contributed by atoms with van der Waals surface area (Å²) in [5.41, 5.74) is -1.92. The Bertz CT molecular complexity index is 650. The number of hydrogen-bond donors (Lipinski definition) is 0. The molecule has 2 rings (SSSR count). The third-order valence-electron chi connectivity index (χ3n) is 2.08. The van der Waals surface area contributed by atoms with Crippen LogP contribution in [0.2, 0.25) is 5.15 Å². The molecule has 17 heavy (non-hydrogen) atoms. The molecule has 0 aromatic carbocycles. The van der Waals surface area contributed by atoms with Crippen LogP contribution < -0.4 is 5.56 Å². The van der Waals surface area contributed by atoms with Gasteiger partial charge in [0.05, 0.1) is 0 Å². The molecule has 0 saturated heterocycles. The quantitative estimate of drug-likeness (QED) is 0.731. The van der Waals surface area contributed by atoms with E-state index in [0.717, 1.165) is 0 Å². The van der Waals surface area contributed by atoms with Crippen molar-refractivity contribution in [1.82, 2.24) is 14.6 Å². The molecule has 4 nitrogen and oxygen atoms in total. The van der Waals surface area contributed by atoms with Gasteiger partial charge < -0.3 is 0 Å². The van der Waals surface area contributed by atoms with Crippen molar-refractivity contribution in [3.63, 3.8) is 0 Å². The molecular formula is C9H5ClF3N3O. The van der Waals surface area contributed by atoms with Crippen molar-refractivity contribution >= 4 is 17.2 Å². The van der Waals surface area contributed by atoms with Crippen molar-refractivity contribution < 1.29 is 13.2 Å². The van der Waals surface area contributed by atoms with Crippen molar-refractivity contribution in [1.29, 1.82) is 0 Å². The van der Waals surface area contributed by atoms with Gasteiger partial charge in [-0.3, -0.25) is 4.79 Å². The van der Waals surface area contributed by atoms with E-state index in [0.29, 0.717) is 16.1 Å². The number of hydrogen-bond acceptors (Lipinski definition) is 3. The van der Waals surface area contributed by atoms with E-state index in [-0.39, 0.29) is 10.8 Å². The fourth-order valence-electron chi connectivity index (χ4n) is 1.31. The Balaban J connectivity index is 2.93. The smallest absolute Gasteiger partial charge is 0.267 e. The lowest BCUT2D eigenvalue weighted by atomic mass is 10.3. The number of nitrogens with zero attached hydrogens (tertiary/aromatic N) is 3. The first-order valence-electron chi connectivity index (χ1n) is 4.43. The second kappa shape index (κ2) is 3.69. The average molecular weight is 264 g/mol. The van der Waals surface area contributed by atoms with E-state index >= 15 is 0 Å². The molecule has 0 aliphatic carbocycles. The molecule has 0 N–H and O–H groups in total. The highest BCUT2D eigenvalue weighted by Gasteiger charge is 2.34. The minimum Gasteiger partial charge on any atom is -0.267 e. The number of aryl methyl sites for hydroxylation is 1. The first-order valence-corrected chi connectivity index (χ1v) is 4.81. The second-order valence-electron chi connectivity index (χ2n) is 3.37. The van der Waals surface area contributed by atoms with Crippen LogP contribution in [0.25, 0.3) is 5.65 Å². The van der Waals surface area contributed by atoms with Crippen LogP contribution in [-0.4, -0.2) is 14.6 Å². The lowest BCUT2D eigenvalue weighted by molar-refractivity contribution is -0.142. The van der Waals surface area contributed by atoms with Crippen LogP contribution in [0.5, 0.6) is 0 Å². The number of alkyl halides is 3. The monoisotopic (exact) mass is 263 g/mol. The van der Waals surface area contributed by atoms with Gasteiger partial charge in [0.1, 0.15) is 0 Å².